The lowest BCUT2D eigenvalue weighted by Crippen LogP contribution is -2.15. The van der Waals surface area contributed by atoms with Gasteiger partial charge in [0, 0.05) is 10.4 Å². The quantitative estimate of drug-likeness (QED) is 0.344. The first-order valence-corrected chi connectivity index (χ1v) is 13.2. The maximum atomic E-state index is 13.9. The molecule has 0 atom stereocenters. The Bertz CT molecular complexity index is 1470. The number of alkyl halides is 3. The van der Waals surface area contributed by atoms with Gasteiger partial charge in [0.15, 0.2) is 11.5 Å². The molecule has 1 aliphatic carbocycles. The number of nitrogens with zero attached hydrogens (tertiary/aromatic N) is 3. The van der Waals surface area contributed by atoms with E-state index in [1.54, 1.807) is 6.07 Å². The van der Waals surface area contributed by atoms with Crippen LogP contribution in [0.2, 0.25) is 0 Å². The Hall–Kier alpha value is -3.74. The van der Waals surface area contributed by atoms with E-state index < -0.39 is 23.2 Å². The number of fused-ring (bicyclic) bond motifs is 1. The zero-order valence-electron chi connectivity index (χ0n) is 20.4. The second-order valence-corrected chi connectivity index (χ2v) is 10.3. The molecule has 2 heterocycles. The first-order chi connectivity index (χ1) is 18.2. The van der Waals surface area contributed by atoms with Gasteiger partial charge in [-0.3, -0.25) is 4.79 Å². The van der Waals surface area contributed by atoms with Crippen molar-refractivity contribution in [2.24, 2.45) is 0 Å². The summed E-state index contributed by atoms with van der Waals surface area (Å²) in [5.74, 6) is -0.132. The van der Waals surface area contributed by atoms with E-state index in [1.807, 2.05) is 0 Å². The summed E-state index contributed by atoms with van der Waals surface area (Å²) in [5.41, 5.74) is -0.153. The number of carbonyl (C=O) groups is 1. The van der Waals surface area contributed by atoms with Crippen molar-refractivity contribution in [3.05, 3.63) is 51.4 Å². The number of hydrogen-bond donors (Lipinski definition) is 1. The van der Waals surface area contributed by atoms with Gasteiger partial charge in [-0.2, -0.15) is 23.7 Å². The van der Waals surface area contributed by atoms with E-state index in [0.29, 0.717) is 27.6 Å². The molecule has 196 valence electrons. The summed E-state index contributed by atoms with van der Waals surface area (Å²) in [6, 6.07) is 9.10. The minimum Gasteiger partial charge on any atom is -0.493 e. The van der Waals surface area contributed by atoms with Crippen molar-refractivity contribution < 1.29 is 27.4 Å². The van der Waals surface area contributed by atoms with E-state index >= 15 is 0 Å². The van der Waals surface area contributed by atoms with Crippen LogP contribution in [-0.4, -0.2) is 30.9 Å². The Balaban J connectivity index is 1.64. The summed E-state index contributed by atoms with van der Waals surface area (Å²) >= 11 is 2.08. The number of anilines is 1. The lowest BCUT2D eigenvalue weighted by Gasteiger charge is -2.15. The molecule has 0 fully saturated rings. The molecular formula is C26H21F3N4O3S2. The Kier molecular flexibility index (Phi) is 8.14. The van der Waals surface area contributed by atoms with Gasteiger partial charge in [-0.25, -0.2) is 4.98 Å². The molecule has 1 aliphatic rings. The van der Waals surface area contributed by atoms with Gasteiger partial charge >= 0.3 is 6.18 Å². The highest BCUT2D eigenvalue weighted by molar-refractivity contribution is 8.00. The zero-order chi connectivity index (χ0) is 27.4. The molecule has 0 bridgehead atoms. The summed E-state index contributed by atoms with van der Waals surface area (Å²) < 4.78 is 52.2. The van der Waals surface area contributed by atoms with Gasteiger partial charge in [0.05, 0.1) is 42.4 Å². The number of halogens is 3. The Morgan fingerprint density at radius 3 is 2.47 bits per heavy atom. The van der Waals surface area contributed by atoms with Gasteiger partial charge in [-0.05, 0) is 55.5 Å². The number of nitriles is 2. The molecule has 0 saturated carbocycles. The SMILES string of the molecule is COc1ccc(-c2cc(C(F)(F)F)c(C#N)c(SCC(=O)Nc3sc4c(c3C#N)CCCC4)n2)cc1OC. The van der Waals surface area contributed by atoms with Crippen LogP contribution >= 0.6 is 23.1 Å². The number of aromatic nitrogens is 1. The van der Waals surface area contributed by atoms with E-state index in [4.69, 9.17) is 9.47 Å². The molecule has 1 aromatic carbocycles. The van der Waals surface area contributed by atoms with Gasteiger partial charge in [0.2, 0.25) is 5.91 Å². The molecule has 7 nitrogen and oxygen atoms in total. The average Bonchev–Trinajstić information content (AvgIpc) is 3.27. The van der Waals surface area contributed by atoms with E-state index in [0.717, 1.165) is 54.0 Å². The highest BCUT2D eigenvalue weighted by atomic mass is 32.2. The summed E-state index contributed by atoms with van der Waals surface area (Å²) in [5, 5.41) is 22.1. The highest BCUT2D eigenvalue weighted by Gasteiger charge is 2.36. The molecule has 0 radical (unpaired) electrons. The molecule has 2 aromatic heterocycles. The standard InChI is InChI=1S/C26H21F3N4O3S2/c1-35-20-8-7-14(9-21(20)36-2)19-10-18(26(27,28)29)17(12-31)24(32-19)37-13-23(34)33-25-16(11-30)15-5-3-4-6-22(15)38-25/h7-10H,3-6,13H2,1-2H3,(H,33,34). The number of amides is 1. The van der Waals surface area contributed by atoms with Crippen LogP contribution in [0.15, 0.2) is 29.3 Å². The first kappa shape index (κ1) is 27.3. The number of rotatable bonds is 7. The third-order valence-electron chi connectivity index (χ3n) is 5.96. The summed E-state index contributed by atoms with van der Waals surface area (Å²) in [7, 11) is 2.83. The summed E-state index contributed by atoms with van der Waals surface area (Å²) in [4.78, 5) is 18.1. The number of thioether (sulfide) groups is 1. The normalized spacial score (nSPS) is 12.7. The number of carbonyl (C=O) groups excluding carboxylic acids is 1. The molecule has 0 aliphatic heterocycles. The minimum atomic E-state index is -4.82. The lowest BCUT2D eigenvalue weighted by atomic mass is 9.96. The van der Waals surface area contributed by atoms with Crippen molar-refractivity contribution >= 4 is 34.0 Å². The molecular weight excluding hydrogens is 537 g/mol. The number of hydrogen-bond acceptors (Lipinski definition) is 8. The molecule has 0 spiro atoms. The van der Waals surface area contributed by atoms with Crippen LogP contribution in [0.1, 0.15) is 40.0 Å². The molecule has 12 heteroatoms. The number of methoxy groups -OCH3 is 2. The van der Waals surface area contributed by atoms with Gasteiger partial charge in [-0.1, -0.05) is 11.8 Å². The largest absolute Gasteiger partial charge is 0.493 e. The van der Waals surface area contributed by atoms with Crippen molar-refractivity contribution in [1.82, 2.24) is 4.98 Å². The molecule has 4 rings (SSSR count). The third-order valence-corrected chi connectivity index (χ3v) is 8.14. The van der Waals surface area contributed by atoms with Crippen molar-refractivity contribution in [3.8, 4) is 34.9 Å². The van der Waals surface area contributed by atoms with Gasteiger partial charge in [-0.15, -0.1) is 11.3 Å². The van der Waals surface area contributed by atoms with Crippen molar-refractivity contribution in [2.45, 2.75) is 36.9 Å². The second-order valence-electron chi connectivity index (χ2n) is 8.28. The second kappa shape index (κ2) is 11.3. The Morgan fingerprint density at radius 1 is 1.11 bits per heavy atom. The van der Waals surface area contributed by atoms with Crippen LogP contribution in [0.4, 0.5) is 18.2 Å². The monoisotopic (exact) mass is 558 g/mol. The van der Waals surface area contributed by atoms with Gasteiger partial charge < -0.3 is 14.8 Å². The fourth-order valence-electron chi connectivity index (χ4n) is 4.17. The molecule has 0 unspecified atom stereocenters. The highest BCUT2D eigenvalue weighted by Crippen LogP contribution is 2.40. The topological polar surface area (TPSA) is 108 Å². The average molecular weight is 559 g/mol. The van der Waals surface area contributed by atoms with Crippen molar-refractivity contribution in [1.29, 1.82) is 10.5 Å². The fourth-order valence-corrected chi connectivity index (χ4v) is 6.23. The molecule has 38 heavy (non-hydrogen) atoms. The number of pyridine rings is 1. The number of thiophene rings is 1. The van der Waals surface area contributed by atoms with Crippen LogP contribution in [0.3, 0.4) is 0 Å². The van der Waals surface area contributed by atoms with E-state index in [2.05, 4.69) is 16.4 Å². The predicted molar refractivity (Wildman–Crippen MR) is 138 cm³/mol. The maximum Gasteiger partial charge on any atom is 0.417 e. The van der Waals surface area contributed by atoms with Crippen LogP contribution in [-0.2, 0) is 23.8 Å². The zero-order valence-corrected chi connectivity index (χ0v) is 22.0. The Morgan fingerprint density at radius 2 is 1.82 bits per heavy atom. The molecule has 1 amide bonds. The number of ether oxygens (including phenoxy) is 2. The fraction of sp³-hybridized carbons (Fsp3) is 0.308. The van der Waals surface area contributed by atoms with E-state index in [9.17, 15) is 28.5 Å². The van der Waals surface area contributed by atoms with Crippen LogP contribution in [0, 0.1) is 22.7 Å². The predicted octanol–water partition coefficient (Wildman–Crippen LogP) is 6.20. The van der Waals surface area contributed by atoms with Crippen molar-refractivity contribution in [3.63, 3.8) is 0 Å². The van der Waals surface area contributed by atoms with Crippen LogP contribution in [0.25, 0.3) is 11.3 Å². The van der Waals surface area contributed by atoms with Gasteiger partial charge in [0.25, 0.3) is 0 Å². The van der Waals surface area contributed by atoms with Crippen LogP contribution < -0.4 is 14.8 Å². The van der Waals surface area contributed by atoms with Crippen LogP contribution in [0.5, 0.6) is 11.5 Å². The first-order valence-electron chi connectivity index (χ1n) is 11.4. The number of aryl methyl sites for hydroxylation is 1. The van der Waals surface area contributed by atoms with Crippen molar-refractivity contribution in [2.75, 3.05) is 25.3 Å². The smallest absolute Gasteiger partial charge is 0.417 e. The molecule has 3 aromatic rings. The van der Waals surface area contributed by atoms with Gasteiger partial charge in [0.1, 0.15) is 22.2 Å². The number of nitrogens with one attached hydrogen (secondary N) is 1. The van der Waals surface area contributed by atoms with E-state index in [-0.39, 0.29) is 16.5 Å². The molecule has 1 N–H and O–H groups in total. The maximum absolute atomic E-state index is 13.9. The van der Waals surface area contributed by atoms with E-state index in [1.165, 1.54) is 43.8 Å². The summed E-state index contributed by atoms with van der Waals surface area (Å²) in [6.45, 7) is 0. The molecule has 0 saturated heterocycles. The summed E-state index contributed by atoms with van der Waals surface area (Å²) in [6.07, 6.45) is -1.21. The minimum absolute atomic E-state index is 0.0436. The lowest BCUT2D eigenvalue weighted by molar-refractivity contribution is -0.138. The number of benzene rings is 1. The Labute approximate surface area is 225 Å². The third kappa shape index (κ3) is 5.57.